The minimum absolute atomic E-state index is 0.105. The molecule has 3 aromatic rings. The van der Waals surface area contributed by atoms with Gasteiger partial charge in [0.15, 0.2) is 33.6 Å². The van der Waals surface area contributed by atoms with Gasteiger partial charge in [-0.25, -0.2) is 13.2 Å². The van der Waals surface area contributed by atoms with Gasteiger partial charge in [-0.05, 0) is 37.1 Å². The van der Waals surface area contributed by atoms with Crippen molar-refractivity contribution in [1.29, 1.82) is 0 Å². The van der Waals surface area contributed by atoms with Gasteiger partial charge in [0.2, 0.25) is 0 Å². The van der Waals surface area contributed by atoms with Crippen LogP contribution < -0.4 is 0 Å². The molecule has 0 bridgehead atoms. The molecule has 0 aliphatic carbocycles. The number of pyridine rings is 1. The average Bonchev–Trinajstić information content (AvgIpc) is 3.06. The first-order valence-corrected chi connectivity index (χ1v) is 13.2. The van der Waals surface area contributed by atoms with Gasteiger partial charge in [0, 0.05) is 6.20 Å². The lowest BCUT2D eigenvalue weighted by Gasteiger charge is -2.39. The largest absolute Gasteiger partial charge is 0.451 e. The van der Waals surface area contributed by atoms with Gasteiger partial charge in [-0.2, -0.15) is 0 Å². The van der Waals surface area contributed by atoms with Crippen molar-refractivity contribution in [2.75, 3.05) is 0 Å². The molecule has 1 aromatic heterocycles. The third kappa shape index (κ3) is 3.77. The van der Waals surface area contributed by atoms with Crippen molar-refractivity contribution in [1.82, 2.24) is 9.88 Å². The molecular weight excluding hydrogens is 492 g/mol. The summed E-state index contributed by atoms with van der Waals surface area (Å²) in [6.07, 6.45) is 1.07. The quantitative estimate of drug-likeness (QED) is 0.214. The number of esters is 1. The van der Waals surface area contributed by atoms with E-state index in [4.69, 9.17) is 4.74 Å². The van der Waals surface area contributed by atoms with Crippen molar-refractivity contribution in [3.05, 3.63) is 107 Å². The molecule has 1 amide bonds. The molecule has 9 heteroatoms. The molecule has 2 aliphatic heterocycles. The lowest BCUT2D eigenvalue weighted by atomic mass is 9.92. The first kappa shape index (κ1) is 24.6. The summed E-state index contributed by atoms with van der Waals surface area (Å²) in [7, 11) is -4.11. The van der Waals surface area contributed by atoms with Gasteiger partial charge in [-0.3, -0.25) is 14.6 Å². The maximum absolute atomic E-state index is 13.7. The van der Waals surface area contributed by atoms with Gasteiger partial charge < -0.3 is 9.64 Å². The van der Waals surface area contributed by atoms with E-state index in [-0.39, 0.29) is 16.8 Å². The third-order valence-electron chi connectivity index (χ3n) is 6.94. The number of ether oxygens (including phenoxy) is 1. The summed E-state index contributed by atoms with van der Waals surface area (Å²) in [4.78, 5) is 44.1. The Hall–Kier alpha value is -4.11. The monoisotopic (exact) mass is 516 g/mol. The van der Waals surface area contributed by atoms with Crippen LogP contribution in [-0.4, -0.2) is 52.6 Å². The number of fused-ring (bicyclic) bond motifs is 1. The number of rotatable bonds is 6. The minimum Gasteiger partial charge on any atom is -0.451 e. The normalized spacial score (nSPS) is 22.7. The molecule has 2 saturated heterocycles. The Morgan fingerprint density at radius 1 is 0.973 bits per heavy atom. The van der Waals surface area contributed by atoms with Gasteiger partial charge in [-0.15, -0.1) is 0 Å². The van der Waals surface area contributed by atoms with Crippen molar-refractivity contribution < 1.29 is 27.5 Å². The summed E-state index contributed by atoms with van der Waals surface area (Å²) in [5, 5.41) is -1.44. The number of benzene rings is 2. The first-order chi connectivity index (χ1) is 17.7. The van der Waals surface area contributed by atoms with E-state index in [2.05, 4.69) is 4.98 Å². The zero-order valence-electron chi connectivity index (χ0n) is 20.1. The van der Waals surface area contributed by atoms with E-state index in [1.54, 1.807) is 12.1 Å². The number of aromatic nitrogens is 1. The summed E-state index contributed by atoms with van der Waals surface area (Å²) >= 11 is 0. The van der Waals surface area contributed by atoms with Crippen molar-refractivity contribution in [2.24, 2.45) is 0 Å². The molecule has 2 fully saturated rings. The number of allylic oxidation sites excluding steroid dienone is 1. The van der Waals surface area contributed by atoms with Gasteiger partial charge in [-0.1, -0.05) is 66.7 Å². The van der Waals surface area contributed by atoms with Crippen LogP contribution in [0.5, 0.6) is 0 Å². The number of carbonyl (C=O) groups is 3. The highest BCUT2D eigenvalue weighted by molar-refractivity contribution is 7.94. The Balaban J connectivity index is 1.55. The predicted octanol–water partition coefficient (Wildman–Crippen LogP) is 3.11. The summed E-state index contributed by atoms with van der Waals surface area (Å²) in [5.74, 6) is -1.54. The van der Waals surface area contributed by atoms with Crippen LogP contribution in [0.4, 0.5) is 0 Å². The van der Waals surface area contributed by atoms with Crippen molar-refractivity contribution in [3.63, 3.8) is 0 Å². The second-order valence-electron chi connectivity index (χ2n) is 9.41. The number of hydrogen-bond donors (Lipinski definition) is 0. The molecule has 8 nitrogen and oxygen atoms in total. The van der Waals surface area contributed by atoms with Crippen LogP contribution in [0.15, 0.2) is 90.6 Å². The zero-order chi connectivity index (χ0) is 26.4. The molecule has 0 saturated carbocycles. The van der Waals surface area contributed by atoms with E-state index in [0.29, 0.717) is 17.4 Å². The van der Waals surface area contributed by atoms with E-state index in [1.807, 2.05) is 60.7 Å². The number of β-lactam (4-membered cyclic amide) rings is 1. The maximum Gasteiger partial charge on any atom is 0.331 e. The highest BCUT2D eigenvalue weighted by atomic mass is 32.2. The average molecular weight is 517 g/mol. The second-order valence-corrected chi connectivity index (χ2v) is 12.0. The molecule has 37 heavy (non-hydrogen) atoms. The Morgan fingerprint density at radius 3 is 2.05 bits per heavy atom. The zero-order valence-corrected chi connectivity index (χ0v) is 21.0. The standard InChI is InChI=1S/C28H24N2O6S/c1-28(2)24(27(33)36-23(18-11-5-3-6-12-18)19-13-7-4-8-14-19)30-25(32)22(26(30)37(28,34)35)20(17-31)21-15-9-10-16-29-21/h3-17,23-24,26H,1-2H3/t24-,26+/m0/s1. The van der Waals surface area contributed by atoms with Crippen LogP contribution in [0.2, 0.25) is 0 Å². The van der Waals surface area contributed by atoms with Crippen LogP contribution in [0.1, 0.15) is 36.8 Å². The highest BCUT2D eigenvalue weighted by Crippen LogP contribution is 2.50. The first-order valence-electron chi connectivity index (χ1n) is 11.7. The Morgan fingerprint density at radius 2 is 1.54 bits per heavy atom. The molecular formula is C28H24N2O6S. The SMILES string of the molecule is CC1(C)[C@H](C(=O)OC(c2ccccc2)c2ccccc2)N2C(=O)C(=C(C=O)c3ccccn3)[C@H]2S1(=O)=O. The fourth-order valence-electron chi connectivity index (χ4n) is 4.95. The summed E-state index contributed by atoms with van der Waals surface area (Å²) in [5.41, 5.74) is 1.30. The van der Waals surface area contributed by atoms with Crippen LogP contribution in [0.3, 0.4) is 0 Å². The lowest BCUT2D eigenvalue weighted by Crippen LogP contribution is -2.59. The van der Waals surface area contributed by atoms with Gasteiger partial charge in [0.25, 0.3) is 5.91 Å². The van der Waals surface area contributed by atoms with Crippen molar-refractivity contribution in [3.8, 4) is 0 Å². The van der Waals surface area contributed by atoms with Crippen molar-refractivity contribution >= 4 is 33.6 Å². The molecule has 3 heterocycles. The summed E-state index contributed by atoms with van der Waals surface area (Å²) < 4.78 is 31.6. The van der Waals surface area contributed by atoms with Gasteiger partial charge in [0.1, 0.15) is 4.75 Å². The van der Waals surface area contributed by atoms with E-state index in [1.165, 1.54) is 26.1 Å². The maximum atomic E-state index is 13.7. The highest BCUT2D eigenvalue weighted by Gasteiger charge is 2.71. The van der Waals surface area contributed by atoms with E-state index >= 15 is 0 Å². The predicted molar refractivity (Wildman–Crippen MR) is 135 cm³/mol. The Kier molecular flexibility index (Phi) is 6.03. The number of aldehydes is 1. The molecule has 0 unspecified atom stereocenters. The minimum atomic E-state index is -4.11. The van der Waals surface area contributed by atoms with E-state index < -0.39 is 44.0 Å². The molecule has 2 aliphatic rings. The Bertz CT molecular complexity index is 1460. The van der Waals surface area contributed by atoms with Crippen LogP contribution >= 0.6 is 0 Å². The van der Waals surface area contributed by atoms with Gasteiger partial charge in [0.05, 0.1) is 16.8 Å². The number of nitrogens with zero attached hydrogens (tertiary/aromatic N) is 2. The number of carbonyl (C=O) groups excluding carboxylic acids is 3. The van der Waals surface area contributed by atoms with E-state index in [0.717, 1.165) is 4.90 Å². The fourth-order valence-corrected chi connectivity index (χ4v) is 7.10. The Labute approximate surface area is 214 Å². The summed E-state index contributed by atoms with van der Waals surface area (Å²) in [6, 6.07) is 21.6. The molecule has 0 radical (unpaired) electrons. The molecule has 0 N–H and O–H groups in total. The summed E-state index contributed by atoms with van der Waals surface area (Å²) in [6.45, 7) is 2.80. The fraction of sp³-hybridized carbons (Fsp3) is 0.214. The van der Waals surface area contributed by atoms with Crippen molar-refractivity contribution in [2.45, 2.75) is 36.1 Å². The number of hydrogen-bond acceptors (Lipinski definition) is 7. The molecule has 188 valence electrons. The van der Waals surface area contributed by atoms with Crippen LogP contribution in [-0.2, 0) is 29.0 Å². The smallest absolute Gasteiger partial charge is 0.331 e. The lowest BCUT2D eigenvalue weighted by molar-refractivity contribution is -0.160. The molecule has 5 rings (SSSR count). The molecule has 0 spiro atoms. The molecule has 2 aromatic carbocycles. The number of amides is 1. The third-order valence-corrected chi connectivity index (χ3v) is 9.68. The second kappa shape index (κ2) is 9.08. The van der Waals surface area contributed by atoms with E-state index in [9.17, 15) is 22.8 Å². The van der Waals surface area contributed by atoms with Crippen LogP contribution in [0, 0.1) is 0 Å². The molecule has 2 atom stereocenters. The number of sulfone groups is 1. The van der Waals surface area contributed by atoms with Crippen LogP contribution in [0.25, 0.3) is 5.57 Å². The topological polar surface area (TPSA) is 111 Å². The van der Waals surface area contributed by atoms with Gasteiger partial charge >= 0.3 is 5.97 Å².